The number of carbonyl (C=O) groups is 2. The standard InChI is InChI=1S/C13H12N2O4/c1-8-3-6-11(19-8)15(2)12(16)9-4-5-10(13(17)18)14-7-9/h3-7H,1-2H3,(H,17,18). The maximum absolute atomic E-state index is 12.1. The number of carboxylic acids is 1. The van der Waals surface area contributed by atoms with Crippen LogP contribution in [-0.4, -0.2) is 29.0 Å². The normalized spacial score (nSPS) is 10.2. The number of hydrogen-bond acceptors (Lipinski definition) is 4. The first kappa shape index (κ1) is 12.8. The highest BCUT2D eigenvalue weighted by Gasteiger charge is 2.17. The average molecular weight is 260 g/mol. The van der Waals surface area contributed by atoms with Crippen LogP contribution < -0.4 is 4.90 Å². The van der Waals surface area contributed by atoms with Gasteiger partial charge in [0.05, 0.1) is 5.56 Å². The third-order valence-corrected chi connectivity index (χ3v) is 2.59. The topological polar surface area (TPSA) is 83.6 Å². The molecule has 19 heavy (non-hydrogen) atoms. The van der Waals surface area contributed by atoms with Crippen molar-refractivity contribution in [1.82, 2.24) is 4.98 Å². The van der Waals surface area contributed by atoms with Crippen molar-refractivity contribution < 1.29 is 19.1 Å². The molecule has 0 radical (unpaired) electrons. The highest BCUT2D eigenvalue weighted by Crippen LogP contribution is 2.18. The van der Waals surface area contributed by atoms with Gasteiger partial charge in [-0.25, -0.2) is 9.78 Å². The van der Waals surface area contributed by atoms with Crippen LogP contribution in [0.2, 0.25) is 0 Å². The third kappa shape index (κ3) is 2.62. The Morgan fingerprint density at radius 1 is 1.26 bits per heavy atom. The molecular formula is C13H12N2O4. The van der Waals surface area contributed by atoms with Crippen LogP contribution in [0.5, 0.6) is 0 Å². The molecule has 1 N–H and O–H groups in total. The number of nitrogens with zero attached hydrogens (tertiary/aromatic N) is 2. The molecule has 0 unspecified atom stereocenters. The molecule has 0 saturated heterocycles. The molecule has 0 saturated carbocycles. The Morgan fingerprint density at radius 3 is 2.47 bits per heavy atom. The zero-order valence-electron chi connectivity index (χ0n) is 10.5. The summed E-state index contributed by atoms with van der Waals surface area (Å²) in [5.41, 5.74) is 0.189. The number of aromatic nitrogens is 1. The molecule has 0 aliphatic heterocycles. The number of pyridine rings is 1. The van der Waals surface area contributed by atoms with Crippen molar-refractivity contribution in [2.45, 2.75) is 6.92 Å². The first-order chi connectivity index (χ1) is 8.99. The number of aryl methyl sites for hydroxylation is 1. The summed E-state index contributed by atoms with van der Waals surface area (Å²) in [4.78, 5) is 27.8. The lowest BCUT2D eigenvalue weighted by Crippen LogP contribution is -2.26. The number of hydrogen-bond donors (Lipinski definition) is 1. The number of furan rings is 1. The van der Waals surface area contributed by atoms with Gasteiger partial charge in [0.2, 0.25) is 5.88 Å². The second-order valence-electron chi connectivity index (χ2n) is 3.99. The summed E-state index contributed by atoms with van der Waals surface area (Å²) in [6.45, 7) is 1.78. The van der Waals surface area contributed by atoms with Gasteiger partial charge in [0.25, 0.3) is 5.91 Å². The minimum absolute atomic E-state index is 0.104. The predicted molar refractivity (Wildman–Crippen MR) is 67.4 cm³/mol. The zero-order chi connectivity index (χ0) is 14.0. The fourth-order valence-corrected chi connectivity index (χ4v) is 1.54. The first-order valence-electron chi connectivity index (χ1n) is 5.53. The fourth-order valence-electron chi connectivity index (χ4n) is 1.54. The molecule has 0 atom stereocenters. The Balaban J connectivity index is 2.21. The average Bonchev–Trinajstić information content (AvgIpc) is 2.84. The van der Waals surface area contributed by atoms with E-state index >= 15 is 0 Å². The Labute approximate surface area is 109 Å². The van der Waals surface area contributed by atoms with Crippen molar-refractivity contribution in [3.8, 4) is 0 Å². The zero-order valence-corrected chi connectivity index (χ0v) is 10.5. The molecule has 6 heteroatoms. The highest BCUT2D eigenvalue weighted by molar-refractivity contribution is 6.05. The van der Waals surface area contributed by atoms with E-state index in [0.717, 1.165) is 0 Å². The molecule has 0 aliphatic rings. The molecule has 0 spiro atoms. The summed E-state index contributed by atoms with van der Waals surface area (Å²) < 4.78 is 5.34. The van der Waals surface area contributed by atoms with Crippen LogP contribution in [0.25, 0.3) is 0 Å². The van der Waals surface area contributed by atoms with Gasteiger partial charge in [0.15, 0.2) is 0 Å². The summed E-state index contributed by atoms with van der Waals surface area (Å²) in [6, 6.07) is 6.15. The third-order valence-electron chi connectivity index (χ3n) is 2.59. The Bertz CT molecular complexity index is 616. The highest BCUT2D eigenvalue weighted by atomic mass is 16.4. The van der Waals surface area contributed by atoms with Crippen molar-refractivity contribution in [3.05, 3.63) is 47.5 Å². The molecule has 2 aromatic heterocycles. The van der Waals surface area contributed by atoms with E-state index in [1.165, 1.54) is 23.2 Å². The van der Waals surface area contributed by atoms with Crippen LogP contribution in [-0.2, 0) is 0 Å². The van der Waals surface area contributed by atoms with Crippen LogP contribution in [0.1, 0.15) is 26.6 Å². The monoisotopic (exact) mass is 260 g/mol. The number of carboxylic acid groups (broad SMARTS) is 1. The van der Waals surface area contributed by atoms with E-state index in [-0.39, 0.29) is 11.6 Å². The SMILES string of the molecule is Cc1ccc(N(C)C(=O)c2ccc(C(=O)O)nc2)o1. The largest absolute Gasteiger partial charge is 0.477 e. The minimum atomic E-state index is -1.13. The smallest absolute Gasteiger partial charge is 0.354 e. The lowest BCUT2D eigenvalue weighted by molar-refractivity contribution is 0.0690. The molecule has 0 bridgehead atoms. The minimum Gasteiger partial charge on any atom is -0.477 e. The Morgan fingerprint density at radius 2 is 2.00 bits per heavy atom. The van der Waals surface area contributed by atoms with Gasteiger partial charge >= 0.3 is 5.97 Å². The van der Waals surface area contributed by atoms with Crippen molar-refractivity contribution in [1.29, 1.82) is 0 Å². The summed E-state index contributed by atoms with van der Waals surface area (Å²) >= 11 is 0. The van der Waals surface area contributed by atoms with Crippen LogP contribution in [0.4, 0.5) is 5.88 Å². The first-order valence-corrected chi connectivity index (χ1v) is 5.53. The molecule has 98 valence electrons. The van der Waals surface area contributed by atoms with Crippen LogP contribution in [0.3, 0.4) is 0 Å². The summed E-state index contributed by atoms with van der Waals surface area (Å²) in [7, 11) is 1.58. The van der Waals surface area contributed by atoms with Crippen molar-refractivity contribution in [3.63, 3.8) is 0 Å². The van der Waals surface area contributed by atoms with Crippen molar-refractivity contribution >= 4 is 17.8 Å². The van der Waals surface area contributed by atoms with E-state index in [4.69, 9.17) is 9.52 Å². The fraction of sp³-hybridized carbons (Fsp3) is 0.154. The van der Waals surface area contributed by atoms with E-state index in [0.29, 0.717) is 17.2 Å². The van der Waals surface area contributed by atoms with E-state index < -0.39 is 5.97 Å². The molecule has 0 aromatic carbocycles. The van der Waals surface area contributed by atoms with Gasteiger partial charge in [-0.05, 0) is 25.1 Å². The summed E-state index contributed by atoms with van der Waals surface area (Å²) in [5.74, 6) is -0.327. The van der Waals surface area contributed by atoms with Gasteiger partial charge in [0.1, 0.15) is 11.5 Å². The number of anilines is 1. The predicted octanol–water partition coefficient (Wildman–Crippen LogP) is 1.96. The Kier molecular flexibility index (Phi) is 3.33. The quantitative estimate of drug-likeness (QED) is 0.911. The Hall–Kier alpha value is -2.63. The van der Waals surface area contributed by atoms with Gasteiger partial charge in [-0.3, -0.25) is 9.69 Å². The van der Waals surface area contributed by atoms with E-state index in [9.17, 15) is 9.59 Å². The number of aromatic carboxylic acids is 1. The molecule has 0 aliphatic carbocycles. The molecule has 1 amide bonds. The second-order valence-corrected chi connectivity index (χ2v) is 3.99. The molecule has 2 heterocycles. The van der Waals surface area contributed by atoms with Gasteiger partial charge < -0.3 is 9.52 Å². The van der Waals surface area contributed by atoms with E-state index in [2.05, 4.69) is 4.98 Å². The van der Waals surface area contributed by atoms with Gasteiger partial charge in [-0.2, -0.15) is 0 Å². The van der Waals surface area contributed by atoms with Gasteiger partial charge in [-0.15, -0.1) is 0 Å². The van der Waals surface area contributed by atoms with Crippen molar-refractivity contribution in [2.24, 2.45) is 0 Å². The lowest BCUT2D eigenvalue weighted by Gasteiger charge is -2.13. The number of carbonyl (C=O) groups excluding carboxylic acids is 1. The van der Waals surface area contributed by atoms with Crippen molar-refractivity contribution in [2.75, 3.05) is 11.9 Å². The number of rotatable bonds is 3. The summed E-state index contributed by atoms with van der Waals surface area (Å²) in [6.07, 6.45) is 1.23. The molecule has 2 rings (SSSR count). The molecular weight excluding hydrogens is 248 g/mol. The lowest BCUT2D eigenvalue weighted by atomic mass is 10.2. The molecule has 6 nitrogen and oxygen atoms in total. The maximum Gasteiger partial charge on any atom is 0.354 e. The van der Waals surface area contributed by atoms with Crippen LogP contribution in [0, 0.1) is 6.92 Å². The molecule has 2 aromatic rings. The van der Waals surface area contributed by atoms with Gasteiger partial charge in [-0.1, -0.05) is 0 Å². The van der Waals surface area contributed by atoms with Crippen LogP contribution >= 0.6 is 0 Å². The van der Waals surface area contributed by atoms with E-state index in [1.807, 2.05) is 0 Å². The van der Waals surface area contributed by atoms with Crippen LogP contribution in [0.15, 0.2) is 34.9 Å². The van der Waals surface area contributed by atoms with Gasteiger partial charge in [0, 0.05) is 19.3 Å². The number of amides is 1. The second kappa shape index (κ2) is 4.93. The maximum atomic E-state index is 12.1. The molecule has 0 fully saturated rings. The summed E-state index contributed by atoms with van der Waals surface area (Å²) in [5, 5.41) is 8.73. The van der Waals surface area contributed by atoms with E-state index in [1.54, 1.807) is 26.1 Å².